The highest BCUT2D eigenvalue weighted by Gasteiger charge is 2.34. The van der Waals surface area contributed by atoms with Crippen LogP contribution in [0.15, 0.2) is 33.7 Å². The maximum Gasteiger partial charge on any atom is 0.416 e. The Kier molecular flexibility index (Phi) is 5.72. The molecule has 0 spiro atoms. The molecule has 0 N–H and O–H groups in total. The van der Waals surface area contributed by atoms with E-state index in [0.717, 1.165) is 12.1 Å². The van der Waals surface area contributed by atoms with Gasteiger partial charge in [-0.25, -0.2) is 8.42 Å². The van der Waals surface area contributed by atoms with Crippen LogP contribution in [-0.4, -0.2) is 54.9 Å². The summed E-state index contributed by atoms with van der Waals surface area (Å²) in [5, 5.41) is 3.67. The Balaban J connectivity index is 1.77. The summed E-state index contributed by atoms with van der Waals surface area (Å²) in [6.07, 6.45) is -4.19. The number of carbonyl (C=O) groups excluding carboxylic acids is 1. The summed E-state index contributed by atoms with van der Waals surface area (Å²) in [6.45, 7) is 3.55. The Morgan fingerprint density at radius 1 is 1.14 bits per heavy atom. The molecule has 1 fully saturated rings. The zero-order chi connectivity index (χ0) is 21.4. The number of aromatic nitrogens is 1. The molecule has 158 valence electrons. The number of benzene rings is 1. The van der Waals surface area contributed by atoms with E-state index in [4.69, 9.17) is 4.52 Å². The van der Waals surface area contributed by atoms with Crippen molar-refractivity contribution in [3.05, 3.63) is 46.8 Å². The van der Waals surface area contributed by atoms with Crippen LogP contribution < -0.4 is 0 Å². The molecule has 0 unspecified atom stereocenters. The van der Waals surface area contributed by atoms with E-state index < -0.39 is 27.7 Å². The maximum atomic E-state index is 12.9. The summed E-state index contributed by atoms with van der Waals surface area (Å²) in [5.41, 5.74) is -0.730. The Morgan fingerprint density at radius 3 is 2.48 bits per heavy atom. The third-order valence-electron chi connectivity index (χ3n) is 4.74. The number of hydrogen-bond acceptors (Lipinski definition) is 5. The standard InChI is InChI=1S/C18H20F3N3O4S/c1-12-16(13(2)28-22-12)29(26,27)24-8-4-7-23(9-10-24)17(25)14-5-3-6-15(11-14)18(19,20)21/h3,5-6,11H,4,7-10H2,1-2H3. The minimum absolute atomic E-state index is 0.00940. The van der Waals surface area contributed by atoms with Crippen molar-refractivity contribution in [2.45, 2.75) is 31.3 Å². The molecule has 0 bridgehead atoms. The minimum atomic E-state index is -4.55. The number of halogens is 3. The van der Waals surface area contributed by atoms with Gasteiger partial charge in [0.1, 0.15) is 10.6 Å². The highest BCUT2D eigenvalue weighted by atomic mass is 32.2. The zero-order valence-electron chi connectivity index (χ0n) is 15.9. The first-order chi connectivity index (χ1) is 13.5. The predicted octanol–water partition coefficient (Wildman–Crippen LogP) is 2.85. The Morgan fingerprint density at radius 2 is 1.86 bits per heavy atom. The van der Waals surface area contributed by atoms with Crippen molar-refractivity contribution in [2.24, 2.45) is 0 Å². The van der Waals surface area contributed by atoms with E-state index in [1.165, 1.54) is 35.2 Å². The first kappa shape index (κ1) is 21.3. The molecule has 2 aromatic rings. The van der Waals surface area contributed by atoms with E-state index in [1.807, 2.05) is 0 Å². The number of nitrogens with zero attached hydrogens (tertiary/aromatic N) is 3. The summed E-state index contributed by atoms with van der Waals surface area (Å²) in [7, 11) is -3.85. The van der Waals surface area contributed by atoms with Gasteiger partial charge in [-0.15, -0.1) is 0 Å². The quantitative estimate of drug-likeness (QED) is 0.746. The summed E-state index contributed by atoms with van der Waals surface area (Å²) in [5.74, 6) is -0.378. The van der Waals surface area contributed by atoms with Gasteiger partial charge in [-0.05, 0) is 38.5 Å². The van der Waals surface area contributed by atoms with E-state index in [1.54, 1.807) is 0 Å². The molecule has 1 aliphatic rings. The van der Waals surface area contributed by atoms with Gasteiger partial charge in [0.25, 0.3) is 5.91 Å². The molecule has 1 aliphatic heterocycles. The van der Waals surface area contributed by atoms with Gasteiger partial charge in [-0.2, -0.15) is 17.5 Å². The molecule has 1 amide bonds. The average Bonchev–Trinajstić information content (AvgIpc) is 2.85. The number of amides is 1. The van der Waals surface area contributed by atoms with Crippen LogP contribution in [0.4, 0.5) is 13.2 Å². The van der Waals surface area contributed by atoms with Crippen molar-refractivity contribution in [1.82, 2.24) is 14.4 Å². The van der Waals surface area contributed by atoms with Crippen LogP contribution >= 0.6 is 0 Å². The number of sulfonamides is 1. The van der Waals surface area contributed by atoms with Crippen LogP contribution in [0.3, 0.4) is 0 Å². The van der Waals surface area contributed by atoms with E-state index in [-0.39, 0.29) is 48.1 Å². The third-order valence-corrected chi connectivity index (χ3v) is 6.89. The number of carbonyl (C=O) groups is 1. The second kappa shape index (κ2) is 7.79. The van der Waals surface area contributed by atoms with Gasteiger partial charge in [0, 0.05) is 31.7 Å². The molecule has 29 heavy (non-hydrogen) atoms. The lowest BCUT2D eigenvalue weighted by molar-refractivity contribution is -0.137. The molecule has 7 nitrogen and oxygen atoms in total. The second-order valence-corrected chi connectivity index (χ2v) is 8.66. The third kappa shape index (κ3) is 4.30. The highest BCUT2D eigenvalue weighted by molar-refractivity contribution is 7.89. The fraction of sp³-hybridized carbons (Fsp3) is 0.444. The van der Waals surface area contributed by atoms with Crippen LogP contribution in [-0.2, 0) is 16.2 Å². The smallest absolute Gasteiger partial charge is 0.360 e. The lowest BCUT2D eigenvalue weighted by Gasteiger charge is -2.22. The van der Waals surface area contributed by atoms with Gasteiger partial charge in [0.2, 0.25) is 10.0 Å². The van der Waals surface area contributed by atoms with Crippen molar-refractivity contribution in [2.75, 3.05) is 26.2 Å². The summed E-state index contributed by atoms with van der Waals surface area (Å²) in [6, 6.07) is 4.21. The minimum Gasteiger partial charge on any atom is -0.360 e. The SMILES string of the molecule is Cc1noc(C)c1S(=O)(=O)N1CCCN(C(=O)c2cccc(C(F)(F)F)c2)CC1. The van der Waals surface area contributed by atoms with Gasteiger partial charge in [0.15, 0.2) is 5.76 Å². The van der Waals surface area contributed by atoms with Gasteiger partial charge < -0.3 is 9.42 Å². The number of rotatable bonds is 3. The molecule has 1 saturated heterocycles. The van der Waals surface area contributed by atoms with Gasteiger partial charge in [0.05, 0.1) is 5.56 Å². The van der Waals surface area contributed by atoms with Crippen LogP contribution in [0, 0.1) is 13.8 Å². The molecule has 0 saturated carbocycles. The molecular weight excluding hydrogens is 411 g/mol. The number of aryl methyl sites for hydroxylation is 2. The van der Waals surface area contributed by atoms with E-state index in [9.17, 15) is 26.4 Å². The van der Waals surface area contributed by atoms with Crippen LogP contribution in [0.25, 0.3) is 0 Å². The van der Waals surface area contributed by atoms with Crippen LogP contribution in [0.2, 0.25) is 0 Å². The largest absolute Gasteiger partial charge is 0.416 e. The Bertz CT molecular complexity index is 998. The molecule has 0 radical (unpaired) electrons. The maximum absolute atomic E-state index is 12.9. The lowest BCUT2D eigenvalue weighted by Crippen LogP contribution is -2.37. The normalized spacial score (nSPS) is 16.7. The molecule has 0 aliphatic carbocycles. The van der Waals surface area contributed by atoms with Crippen LogP contribution in [0.5, 0.6) is 0 Å². The monoisotopic (exact) mass is 431 g/mol. The van der Waals surface area contributed by atoms with Crippen LogP contribution in [0.1, 0.15) is 33.8 Å². The van der Waals surface area contributed by atoms with Gasteiger partial charge >= 0.3 is 6.18 Å². The van der Waals surface area contributed by atoms with E-state index in [2.05, 4.69) is 5.16 Å². The highest BCUT2D eigenvalue weighted by Crippen LogP contribution is 2.30. The van der Waals surface area contributed by atoms with E-state index in [0.29, 0.717) is 6.42 Å². The fourth-order valence-corrected chi connectivity index (χ4v) is 5.08. The van der Waals surface area contributed by atoms with E-state index >= 15 is 0 Å². The topological polar surface area (TPSA) is 83.7 Å². The number of alkyl halides is 3. The molecule has 1 aromatic heterocycles. The van der Waals surface area contributed by atoms with Gasteiger partial charge in [-0.1, -0.05) is 11.2 Å². The second-order valence-electron chi connectivity index (χ2n) is 6.78. The summed E-state index contributed by atoms with van der Waals surface area (Å²) >= 11 is 0. The zero-order valence-corrected chi connectivity index (χ0v) is 16.7. The van der Waals surface area contributed by atoms with Crippen molar-refractivity contribution in [3.63, 3.8) is 0 Å². The van der Waals surface area contributed by atoms with Crippen molar-refractivity contribution in [1.29, 1.82) is 0 Å². The van der Waals surface area contributed by atoms with Gasteiger partial charge in [-0.3, -0.25) is 4.79 Å². The summed E-state index contributed by atoms with van der Waals surface area (Å²) < 4.78 is 70.8. The Hall–Kier alpha value is -2.40. The fourth-order valence-electron chi connectivity index (χ4n) is 3.32. The molecule has 1 aromatic carbocycles. The lowest BCUT2D eigenvalue weighted by atomic mass is 10.1. The molecule has 2 heterocycles. The molecule has 11 heteroatoms. The average molecular weight is 431 g/mol. The predicted molar refractivity (Wildman–Crippen MR) is 96.7 cm³/mol. The summed E-state index contributed by atoms with van der Waals surface area (Å²) in [4.78, 5) is 14.1. The van der Waals surface area contributed by atoms with Crippen molar-refractivity contribution < 1.29 is 30.9 Å². The number of hydrogen-bond donors (Lipinski definition) is 0. The Labute approximate surface area is 166 Å². The first-order valence-corrected chi connectivity index (χ1v) is 10.4. The van der Waals surface area contributed by atoms with Crippen molar-refractivity contribution >= 4 is 15.9 Å². The first-order valence-electron chi connectivity index (χ1n) is 8.91. The molecule has 0 atom stereocenters. The van der Waals surface area contributed by atoms with Crippen molar-refractivity contribution in [3.8, 4) is 0 Å². The molecular formula is C18H20F3N3O4S. The molecule has 3 rings (SSSR count).